The van der Waals surface area contributed by atoms with Gasteiger partial charge >= 0.3 is 0 Å². The fraction of sp³-hybridized carbons (Fsp3) is 0.462. The third-order valence-electron chi connectivity index (χ3n) is 3.08. The molecule has 0 saturated carbocycles. The van der Waals surface area contributed by atoms with E-state index in [0.717, 1.165) is 29.7 Å². The molecule has 8 heteroatoms. The van der Waals surface area contributed by atoms with Gasteiger partial charge in [-0.3, -0.25) is 0 Å². The highest BCUT2D eigenvalue weighted by molar-refractivity contribution is 7.80. The summed E-state index contributed by atoms with van der Waals surface area (Å²) in [5, 5.41) is 15.4. The first-order valence-electron chi connectivity index (χ1n) is 6.78. The van der Waals surface area contributed by atoms with Crippen molar-refractivity contribution in [3.8, 4) is 0 Å². The van der Waals surface area contributed by atoms with Crippen LogP contribution in [0.15, 0.2) is 4.52 Å². The summed E-state index contributed by atoms with van der Waals surface area (Å²) in [6.07, 6.45) is 1.58. The molecule has 112 valence electrons. The van der Waals surface area contributed by atoms with Crippen molar-refractivity contribution in [2.24, 2.45) is 5.73 Å². The van der Waals surface area contributed by atoms with Crippen LogP contribution >= 0.6 is 12.2 Å². The van der Waals surface area contributed by atoms with Crippen LogP contribution in [0, 0.1) is 6.92 Å². The van der Waals surface area contributed by atoms with Gasteiger partial charge in [0.05, 0.1) is 17.8 Å². The molecule has 2 rings (SSSR count). The highest BCUT2D eigenvalue weighted by Crippen LogP contribution is 2.21. The summed E-state index contributed by atoms with van der Waals surface area (Å²) in [7, 11) is 0. The summed E-state index contributed by atoms with van der Waals surface area (Å²) in [5.74, 6) is 1.61. The van der Waals surface area contributed by atoms with Crippen LogP contribution in [-0.2, 0) is 19.4 Å². The lowest BCUT2D eigenvalue weighted by atomic mass is 10.0. The lowest BCUT2D eigenvalue weighted by Gasteiger charge is -2.14. The van der Waals surface area contributed by atoms with Crippen LogP contribution in [0.1, 0.15) is 42.4 Å². The van der Waals surface area contributed by atoms with Crippen LogP contribution in [0.2, 0.25) is 0 Å². The number of aromatic nitrogens is 4. The molecule has 0 bridgehead atoms. The molecule has 2 aromatic heterocycles. The van der Waals surface area contributed by atoms with Crippen LogP contribution in [0.5, 0.6) is 0 Å². The van der Waals surface area contributed by atoms with Gasteiger partial charge in [-0.15, -0.1) is 5.10 Å². The lowest BCUT2D eigenvalue weighted by molar-refractivity contribution is 0.388. The predicted octanol–water partition coefficient (Wildman–Crippen LogP) is 1.54. The number of hydrogen-bond donors (Lipinski definition) is 2. The molecule has 0 amide bonds. The van der Waals surface area contributed by atoms with E-state index in [4.69, 9.17) is 22.5 Å². The van der Waals surface area contributed by atoms with E-state index < -0.39 is 0 Å². The number of nitrogens with two attached hydrogens (primary N) is 1. The molecule has 2 aromatic rings. The topological polar surface area (TPSA) is 103 Å². The van der Waals surface area contributed by atoms with E-state index >= 15 is 0 Å². The quantitative estimate of drug-likeness (QED) is 0.775. The molecule has 7 nitrogen and oxygen atoms in total. The molecular weight excluding hydrogens is 288 g/mol. The fourth-order valence-corrected chi connectivity index (χ4v) is 2.36. The smallest absolute Gasteiger partial charge is 0.223 e. The molecule has 3 N–H and O–H groups in total. The number of nitrogens with zero attached hydrogens (tertiary/aromatic N) is 4. The van der Waals surface area contributed by atoms with E-state index in [1.165, 1.54) is 0 Å². The zero-order valence-corrected chi connectivity index (χ0v) is 13.1. The van der Waals surface area contributed by atoms with Crippen LogP contribution in [0.25, 0.3) is 0 Å². The Balaban J connectivity index is 2.32. The van der Waals surface area contributed by atoms with E-state index in [1.54, 1.807) is 6.92 Å². The maximum absolute atomic E-state index is 5.86. The van der Waals surface area contributed by atoms with Crippen LogP contribution in [0.4, 0.5) is 5.82 Å². The van der Waals surface area contributed by atoms with Crippen molar-refractivity contribution < 1.29 is 4.52 Å². The minimum atomic E-state index is 0.309. The lowest BCUT2D eigenvalue weighted by Crippen LogP contribution is -2.20. The number of rotatable bonds is 6. The van der Waals surface area contributed by atoms with Gasteiger partial charge in [-0.1, -0.05) is 31.2 Å². The van der Waals surface area contributed by atoms with Crippen molar-refractivity contribution in [1.29, 1.82) is 0 Å². The average Bonchev–Trinajstić information content (AvgIpc) is 2.89. The Morgan fingerprint density at radius 1 is 1.29 bits per heavy atom. The molecule has 0 fully saturated rings. The van der Waals surface area contributed by atoms with Gasteiger partial charge in [0.25, 0.3) is 0 Å². The molecule has 0 aliphatic heterocycles. The Bertz CT molecular complexity index is 654. The Morgan fingerprint density at radius 2 is 2.05 bits per heavy atom. The van der Waals surface area contributed by atoms with Gasteiger partial charge in [0.1, 0.15) is 4.99 Å². The zero-order valence-electron chi connectivity index (χ0n) is 12.3. The molecule has 0 aromatic carbocycles. The van der Waals surface area contributed by atoms with Crippen LogP contribution in [0.3, 0.4) is 0 Å². The first-order chi connectivity index (χ1) is 10.1. The van der Waals surface area contributed by atoms with E-state index in [0.29, 0.717) is 29.1 Å². The summed E-state index contributed by atoms with van der Waals surface area (Å²) in [4.78, 5) is 4.43. The maximum atomic E-state index is 5.86. The third-order valence-corrected chi connectivity index (χ3v) is 3.28. The SMILES string of the molecule is CCc1nnc(NCc2noc(C)n2)c(C(N)=S)c1CC. The predicted molar refractivity (Wildman–Crippen MR) is 83.0 cm³/mol. The van der Waals surface area contributed by atoms with Gasteiger partial charge in [0.2, 0.25) is 5.89 Å². The summed E-state index contributed by atoms with van der Waals surface area (Å²) in [5.41, 5.74) is 8.56. The molecule has 0 unspecified atom stereocenters. The number of hydrogen-bond acceptors (Lipinski definition) is 7. The second-order valence-corrected chi connectivity index (χ2v) is 4.94. The second-order valence-electron chi connectivity index (χ2n) is 4.50. The minimum absolute atomic E-state index is 0.309. The Hall–Kier alpha value is -2.09. The van der Waals surface area contributed by atoms with Gasteiger partial charge in [0.15, 0.2) is 11.6 Å². The number of anilines is 1. The van der Waals surface area contributed by atoms with Gasteiger partial charge < -0.3 is 15.6 Å². The van der Waals surface area contributed by atoms with Gasteiger partial charge in [-0.2, -0.15) is 10.1 Å². The maximum Gasteiger partial charge on any atom is 0.223 e. The fourth-order valence-electron chi connectivity index (χ4n) is 2.14. The molecular formula is C13H18N6OS. The van der Waals surface area contributed by atoms with Crippen molar-refractivity contribution in [3.63, 3.8) is 0 Å². The van der Waals surface area contributed by atoms with Crippen LogP contribution < -0.4 is 11.1 Å². The highest BCUT2D eigenvalue weighted by atomic mass is 32.1. The van der Waals surface area contributed by atoms with Crippen molar-refractivity contribution in [2.75, 3.05) is 5.32 Å². The molecule has 0 saturated heterocycles. The molecule has 0 aliphatic rings. The number of nitrogens with one attached hydrogen (secondary N) is 1. The molecule has 0 radical (unpaired) electrons. The van der Waals surface area contributed by atoms with Crippen molar-refractivity contribution in [2.45, 2.75) is 40.2 Å². The van der Waals surface area contributed by atoms with Gasteiger partial charge in [-0.05, 0) is 18.4 Å². The molecule has 0 atom stereocenters. The molecule has 21 heavy (non-hydrogen) atoms. The summed E-state index contributed by atoms with van der Waals surface area (Å²) >= 11 is 5.17. The van der Waals surface area contributed by atoms with Crippen LogP contribution in [-0.4, -0.2) is 25.3 Å². The first-order valence-corrected chi connectivity index (χ1v) is 7.18. The summed E-state index contributed by atoms with van der Waals surface area (Å²) in [6.45, 7) is 6.18. The summed E-state index contributed by atoms with van der Waals surface area (Å²) in [6, 6.07) is 0. The van der Waals surface area contributed by atoms with E-state index in [2.05, 4.69) is 25.7 Å². The van der Waals surface area contributed by atoms with E-state index in [9.17, 15) is 0 Å². The van der Waals surface area contributed by atoms with E-state index in [1.807, 2.05) is 13.8 Å². The minimum Gasteiger partial charge on any atom is -0.389 e. The standard InChI is InChI=1S/C13H18N6OS/c1-4-8-9(5-2)17-18-13(11(8)12(14)21)15-6-10-16-7(3)20-19-10/h4-6H2,1-3H3,(H2,14,21)(H,15,18). The first kappa shape index (κ1) is 15.3. The third kappa shape index (κ3) is 3.33. The average molecular weight is 306 g/mol. The van der Waals surface area contributed by atoms with Gasteiger partial charge in [0, 0.05) is 6.92 Å². The van der Waals surface area contributed by atoms with Crippen molar-refractivity contribution in [3.05, 3.63) is 28.5 Å². The van der Waals surface area contributed by atoms with E-state index in [-0.39, 0.29) is 0 Å². The highest BCUT2D eigenvalue weighted by Gasteiger charge is 2.17. The number of thiocarbonyl (C=S) groups is 1. The van der Waals surface area contributed by atoms with Gasteiger partial charge in [-0.25, -0.2) is 0 Å². The Morgan fingerprint density at radius 3 is 2.57 bits per heavy atom. The normalized spacial score (nSPS) is 10.6. The number of aryl methyl sites for hydroxylation is 2. The monoisotopic (exact) mass is 306 g/mol. The Kier molecular flexibility index (Phi) is 4.79. The molecule has 0 aliphatic carbocycles. The summed E-state index contributed by atoms with van der Waals surface area (Å²) < 4.78 is 4.92. The zero-order chi connectivity index (χ0) is 15.4. The van der Waals surface area contributed by atoms with Crippen molar-refractivity contribution >= 4 is 23.0 Å². The molecule has 0 spiro atoms. The molecule has 2 heterocycles. The van der Waals surface area contributed by atoms with Crippen molar-refractivity contribution in [1.82, 2.24) is 20.3 Å². The Labute approximate surface area is 128 Å². The second kappa shape index (κ2) is 6.57. The largest absolute Gasteiger partial charge is 0.389 e.